The van der Waals surface area contributed by atoms with Gasteiger partial charge in [0, 0.05) is 23.0 Å². The number of aliphatic hydroxyl groups excluding tert-OH is 1. The highest BCUT2D eigenvalue weighted by Crippen LogP contribution is 2.22. The highest BCUT2D eigenvalue weighted by Gasteiger charge is 2.26. The van der Waals surface area contributed by atoms with Gasteiger partial charge in [-0.25, -0.2) is 0 Å². The summed E-state index contributed by atoms with van der Waals surface area (Å²) >= 11 is 1.53. The lowest BCUT2D eigenvalue weighted by atomic mass is 10.00. The summed E-state index contributed by atoms with van der Waals surface area (Å²) in [7, 11) is 0. The quantitative estimate of drug-likeness (QED) is 0.669. The Morgan fingerprint density at radius 3 is 3.10 bits per heavy atom. The molecule has 0 aliphatic carbocycles. The zero-order chi connectivity index (χ0) is 15.2. The first kappa shape index (κ1) is 15.7. The van der Waals surface area contributed by atoms with E-state index in [9.17, 15) is 4.79 Å². The molecule has 21 heavy (non-hydrogen) atoms. The molecule has 1 N–H and O–H groups in total. The van der Waals surface area contributed by atoms with Crippen molar-refractivity contribution in [1.29, 1.82) is 0 Å². The maximum atomic E-state index is 12.5. The van der Waals surface area contributed by atoms with Gasteiger partial charge in [-0.05, 0) is 42.9 Å². The van der Waals surface area contributed by atoms with E-state index < -0.39 is 0 Å². The van der Waals surface area contributed by atoms with Crippen molar-refractivity contribution < 1.29 is 9.90 Å². The lowest BCUT2D eigenvalue weighted by Gasteiger charge is -2.36. The standard InChI is InChI=1S/C17H21NO2S/c1-3-5-15-7-4-6-13(2)18(15)17(20)9-8-16-10-14(11-19)12-21-16/h3-4,6,8-10,12-13,15,19H,1,5,7,11H2,2H3/t13-,15-/m1/s1. The highest BCUT2D eigenvalue weighted by molar-refractivity contribution is 7.11. The first-order valence-electron chi connectivity index (χ1n) is 7.12. The molecular weight excluding hydrogens is 282 g/mol. The number of rotatable bonds is 5. The molecule has 2 heterocycles. The van der Waals surface area contributed by atoms with Crippen molar-refractivity contribution in [2.75, 3.05) is 0 Å². The first-order valence-corrected chi connectivity index (χ1v) is 8.00. The molecule has 0 saturated carbocycles. The van der Waals surface area contributed by atoms with Crippen molar-refractivity contribution in [2.45, 2.75) is 38.5 Å². The molecule has 1 aromatic heterocycles. The minimum absolute atomic E-state index is 0.0256. The second-order valence-electron chi connectivity index (χ2n) is 5.18. The Hall–Kier alpha value is -1.65. The van der Waals surface area contributed by atoms with Crippen molar-refractivity contribution in [1.82, 2.24) is 4.90 Å². The summed E-state index contributed by atoms with van der Waals surface area (Å²) in [6, 6.07) is 2.20. The minimum Gasteiger partial charge on any atom is -0.392 e. The molecule has 0 saturated heterocycles. The van der Waals surface area contributed by atoms with Crippen molar-refractivity contribution in [2.24, 2.45) is 0 Å². The van der Waals surface area contributed by atoms with Gasteiger partial charge in [0.2, 0.25) is 5.91 Å². The number of nitrogens with zero attached hydrogens (tertiary/aromatic N) is 1. The summed E-state index contributed by atoms with van der Waals surface area (Å²) in [6.07, 6.45) is 11.2. The van der Waals surface area contributed by atoms with Crippen LogP contribution in [0.15, 0.2) is 42.3 Å². The van der Waals surface area contributed by atoms with E-state index in [2.05, 4.69) is 18.7 Å². The Labute approximate surface area is 129 Å². The second kappa shape index (κ2) is 7.38. The van der Waals surface area contributed by atoms with E-state index in [0.717, 1.165) is 23.3 Å². The van der Waals surface area contributed by atoms with Gasteiger partial charge in [0.25, 0.3) is 0 Å². The fourth-order valence-corrected chi connectivity index (χ4v) is 3.35. The SMILES string of the molecule is C=CC[C@@H]1CC=C[C@@H](C)N1C(=O)C=Cc1cc(CO)cs1. The fourth-order valence-electron chi connectivity index (χ4n) is 2.56. The molecule has 1 aromatic rings. The molecule has 112 valence electrons. The Morgan fingerprint density at radius 1 is 1.62 bits per heavy atom. The monoisotopic (exact) mass is 303 g/mol. The normalized spacial score (nSPS) is 21.9. The van der Waals surface area contributed by atoms with Crippen LogP contribution in [0.1, 0.15) is 30.2 Å². The molecule has 0 radical (unpaired) electrons. The molecule has 2 rings (SSSR count). The molecule has 1 aliphatic rings. The van der Waals surface area contributed by atoms with E-state index >= 15 is 0 Å². The van der Waals surface area contributed by atoms with Gasteiger partial charge in [-0.15, -0.1) is 17.9 Å². The van der Waals surface area contributed by atoms with Gasteiger partial charge in [-0.3, -0.25) is 4.79 Å². The first-order chi connectivity index (χ1) is 10.2. The van der Waals surface area contributed by atoms with Gasteiger partial charge >= 0.3 is 0 Å². The van der Waals surface area contributed by atoms with E-state index in [0.29, 0.717) is 0 Å². The maximum absolute atomic E-state index is 12.5. The molecule has 0 aromatic carbocycles. The summed E-state index contributed by atoms with van der Waals surface area (Å²) in [6.45, 7) is 5.85. The molecule has 2 atom stereocenters. The van der Waals surface area contributed by atoms with Crippen LogP contribution in [0, 0.1) is 0 Å². The van der Waals surface area contributed by atoms with Crippen molar-refractivity contribution in [3.8, 4) is 0 Å². The Kier molecular flexibility index (Phi) is 5.53. The highest BCUT2D eigenvalue weighted by atomic mass is 32.1. The number of amides is 1. The molecule has 1 amide bonds. The average molecular weight is 303 g/mol. The van der Waals surface area contributed by atoms with E-state index in [1.807, 2.05) is 35.4 Å². The van der Waals surface area contributed by atoms with Crippen LogP contribution in [0.4, 0.5) is 0 Å². The molecular formula is C17H21NO2S. The summed E-state index contributed by atoms with van der Waals surface area (Å²) in [5, 5.41) is 11.0. The predicted molar refractivity (Wildman–Crippen MR) is 87.9 cm³/mol. The van der Waals surface area contributed by atoms with Gasteiger partial charge in [0.05, 0.1) is 6.61 Å². The van der Waals surface area contributed by atoms with E-state index in [1.54, 1.807) is 6.08 Å². The average Bonchev–Trinajstić information content (AvgIpc) is 2.93. The lowest BCUT2D eigenvalue weighted by molar-refractivity contribution is -0.129. The minimum atomic E-state index is 0.0256. The topological polar surface area (TPSA) is 40.5 Å². The van der Waals surface area contributed by atoms with Gasteiger partial charge in [0.1, 0.15) is 0 Å². The van der Waals surface area contributed by atoms with Crippen LogP contribution in [-0.2, 0) is 11.4 Å². The largest absolute Gasteiger partial charge is 0.392 e. The smallest absolute Gasteiger partial charge is 0.247 e. The molecule has 0 fully saturated rings. The van der Waals surface area contributed by atoms with Crippen LogP contribution in [0.5, 0.6) is 0 Å². The van der Waals surface area contributed by atoms with Gasteiger partial charge < -0.3 is 10.0 Å². The number of carbonyl (C=O) groups is 1. The Balaban J connectivity index is 2.09. The second-order valence-corrected chi connectivity index (χ2v) is 6.12. The molecule has 4 heteroatoms. The molecule has 0 unspecified atom stereocenters. The van der Waals surface area contributed by atoms with E-state index in [4.69, 9.17) is 5.11 Å². The summed E-state index contributed by atoms with van der Waals surface area (Å²) in [5.41, 5.74) is 0.880. The number of hydrogen-bond donors (Lipinski definition) is 1. The van der Waals surface area contributed by atoms with E-state index in [-0.39, 0.29) is 24.6 Å². The number of thiophene rings is 1. The third-order valence-corrected chi connectivity index (χ3v) is 4.54. The number of carbonyl (C=O) groups excluding carboxylic acids is 1. The summed E-state index contributed by atoms with van der Waals surface area (Å²) in [4.78, 5) is 15.4. The lowest BCUT2D eigenvalue weighted by Crippen LogP contribution is -2.46. The number of aliphatic hydroxyl groups is 1. The molecule has 0 bridgehead atoms. The summed E-state index contributed by atoms with van der Waals surface area (Å²) in [5.74, 6) is 0.0256. The molecule has 0 spiro atoms. The van der Waals surface area contributed by atoms with Crippen molar-refractivity contribution in [3.63, 3.8) is 0 Å². The zero-order valence-electron chi connectivity index (χ0n) is 12.2. The van der Waals surface area contributed by atoms with Crippen LogP contribution >= 0.6 is 11.3 Å². The van der Waals surface area contributed by atoms with Crippen LogP contribution in [0.3, 0.4) is 0 Å². The fraction of sp³-hybridized carbons (Fsp3) is 0.353. The van der Waals surface area contributed by atoms with Gasteiger partial charge in [-0.2, -0.15) is 0 Å². The van der Waals surface area contributed by atoms with Crippen molar-refractivity contribution >= 4 is 23.3 Å². The Morgan fingerprint density at radius 2 is 2.43 bits per heavy atom. The Bertz CT molecular complexity index is 559. The van der Waals surface area contributed by atoms with Crippen molar-refractivity contribution in [3.05, 3.63) is 52.8 Å². The van der Waals surface area contributed by atoms with Crippen LogP contribution in [-0.4, -0.2) is 28.0 Å². The zero-order valence-corrected chi connectivity index (χ0v) is 13.1. The van der Waals surface area contributed by atoms with Gasteiger partial charge in [-0.1, -0.05) is 18.2 Å². The predicted octanol–water partition coefficient (Wildman–Crippen LogP) is 3.38. The molecule has 3 nitrogen and oxygen atoms in total. The van der Waals surface area contributed by atoms with E-state index in [1.165, 1.54) is 11.3 Å². The third kappa shape index (κ3) is 3.93. The van der Waals surface area contributed by atoms with Gasteiger partial charge in [0.15, 0.2) is 0 Å². The maximum Gasteiger partial charge on any atom is 0.247 e. The van der Waals surface area contributed by atoms with Crippen LogP contribution < -0.4 is 0 Å². The summed E-state index contributed by atoms with van der Waals surface area (Å²) < 4.78 is 0. The van der Waals surface area contributed by atoms with Crippen LogP contribution in [0.2, 0.25) is 0 Å². The van der Waals surface area contributed by atoms with Crippen LogP contribution in [0.25, 0.3) is 6.08 Å². The third-order valence-electron chi connectivity index (χ3n) is 3.59. The number of hydrogen-bond acceptors (Lipinski definition) is 3. The molecule has 1 aliphatic heterocycles.